The summed E-state index contributed by atoms with van der Waals surface area (Å²) in [6.07, 6.45) is -4.60. The fourth-order valence-electron chi connectivity index (χ4n) is 6.26. The number of hydrogen-bond donors (Lipinski definition) is 1. The minimum absolute atomic E-state index is 0.0138. The Labute approximate surface area is 229 Å². The summed E-state index contributed by atoms with van der Waals surface area (Å²) in [6, 6.07) is 6.49. The molecule has 3 aliphatic rings. The van der Waals surface area contributed by atoms with Gasteiger partial charge in [0.15, 0.2) is 0 Å². The van der Waals surface area contributed by atoms with Gasteiger partial charge in [0.25, 0.3) is 0 Å². The predicted octanol–water partition coefficient (Wildman–Crippen LogP) is 3.46. The van der Waals surface area contributed by atoms with Gasteiger partial charge in [-0.25, -0.2) is 9.97 Å². The van der Waals surface area contributed by atoms with Crippen LogP contribution in [-0.4, -0.2) is 46.0 Å². The molecule has 0 aliphatic carbocycles. The van der Waals surface area contributed by atoms with E-state index in [1.54, 1.807) is 7.05 Å². The highest BCUT2D eigenvalue weighted by Gasteiger charge is 2.49. The smallest absolute Gasteiger partial charge is 0.362 e. The van der Waals surface area contributed by atoms with Crippen molar-refractivity contribution < 1.29 is 22.8 Å². The Hall–Kier alpha value is -3.93. The summed E-state index contributed by atoms with van der Waals surface area (Å²) in [6.45, 7) is 5.66. The van der Waals surface area contributed by atoms with E-state index < -0.39 is 29.6 Å². The second-order valence-corrected chi connectivity index (χ2v) is 10.8. The molecule has 40 heavy (non-hydrogen) atoms. The Morgan fingerprint density at radius 2 is 1.85 bits per heavy atom. The van der Waals surface area contributed by atoms with E-state index in [4.69, 9.17) is 4.98 Å². The van der Waals surface area contributed by atoms with Crippen molar-refractivity contribution in [1.29, 1.82) is 0 Å². The van der Waals surface area contributed by atoms with Crippen LogP contribution in [0, 0.1) is 19.8 Å². The molecule has 2 aromatic heterocycles. The van der Waals surface area contributed by atoms with Crippen molar-refractivity contribution in [3.63, 3.8) is 0 Å². The summed E-state index contributed by atoms with van der Waals surface area (Å²) in [7, 11) is 3.63. The molecule has 1 N–H and O–H groups in total. The van der Waals surface area contributed by atoms with E-state index in [0.29, 0.717) is 25.3 Å². The minimum atomic E-state index is -4.61. The number of carbonyl (C=O) groups excluding carboxylic acids is 2. The second kappa shape index (κ2) is 9.33. The second-order valence-electron chi connectivity index (χ2n) is 10.8. The molecule has 1 aromatic carbocycles. The van der Waals surface area contributed by atoms with Crippen molar-refractivity contribution in [2.75, 3.05) is 28.3 Å². The van der Waals surface area contributed by atoms with Crippen molar-refractivity contribution in [2.24, 2.45) is 13.0 Å². The highest BCUT2D eigenvalue weighted by molar-refractivity contribution is 6.10. The Balaban J connectivity index is 1.44. The topological polar surface area (TPSA) is 86.6 Å². The first-order chi connectivity index (χ1) is 18.9. The van der Waals surface area contributed by atoms with Crippen molar-refractivity contribution in [1.82, 2.24) is 19.9 Å². The van der Waals surface area contributed by atoms with Crippen LogP contribution in [0.15, 0.2) is 30.3 Å². The van der Waals surface area contributed by atoms with Crippen LogP contribution >= 0.6 is 0 Å². The average Bonchev–Trinajstić information content (AvgIpc) is 3.56. The van der Waals surface area contributed by atoms with Gasteiger partial charge in [-0.1, -0.05) is 12.1 Å². The standard InChI is InChI=1S/C28H30F3N7O2/c1-15-6-5-7-20-25(15)37(14-23-34-19-11-32-12-21(19)35(23)3)13-17-9-24(39)38(26(17)27(40)36(20)4)22-10-18(28(29,30)31)8-16(2)33-22/h5-8,10,17,26,32H,9,11-14H2,1-4H3/t17-,26+/m1/s1. The number of hydrogen-bond acceptors (Lipinski definition) is 6. The summed E-state index contributed by atoms with van der Waals surface area (Å²) in [5, 5.41) is 3.31. The van der Waals surface area contributed by atoms with Gasteiger partial charge in [-0.15, -0.1) is 0 Å². The Kier molecular flexibility index (Phi) is 6.13. The summed E-state index contributed by atoms with van der Waals surface area (Å²) < 4.78 is 43.0. The number of pyridine rings is 1. The molecule has 2 atom stereocenters. The highest BCUT2D eigenvalue weighted by Crippen LogP contribution is 2.42. The normalized spacial score (nSPS) is 20.9. The number of aromatic nitrogens is 3. The van der Waals surface area contributed by atoms with Gasteiger partial charge in [-0.05, 0) is 37.6 Å². The van der Waals surface area contributed by atoms with E-state index in [9.17, 15) is 22.8 Å². The number of carbonyl (C=O) groups is 2. The third-order valence-corrected chi connectivity index (χ3v) is 8.18. The molecule has 0 bridgehead atoms. The minimum Gasteiger partial charge on any atom is -0.362 e. The van der Waals surface area contributed by atoms with Gasteiger partial charge in [-0.3, -0.25) is 14.5 Å². The quantitative estimate of drug-likeness (QED) is 0.535. The van der Waals surface area contributed by atoms with Gasteiger partial charge in [0.05, 0.1) is 34.9 Å². The van der Waals surface area contributed by atoms with E-state index >= 15 is 0 Å². The van der Waals surface area contributed by atoms with Crippen LogP contribution in [-0.2, 0) is 42.4 Å². The van der Waals surface area contributed by atoms with Crippen LogP contribution < -0.4 is 20.0 Å². The van der Waals surface area contributed by atoms with Crippen molar-refractivity contribution in [2.45, 2.75) is 52.1 Å². The van der Waals surface area contributed by atoms with Gasteiger partial charge in [0.1, 0.15) is 17.7 Å². The maximum atomic E-state index is 14.0. The maximum absolute atomic E-state index is 14.0. The predicted molar refractivity (Wildman–Crippen MR) is 143 cm³/mol. The fourth-order valence-corrected chi connectivity index (χ4v) is 6.26. The molecule has 6 rings (SSSR count). The average molecular weight is 554 g/mol. The van der Waals surface area contributed by atoms with E-state index in [0.717, 1.165) is 47.1 Å². The molecule has 210 valence electrons. The van der Waals surface area contributed by atoms with Gasteiger partial charge in [-0.2, -0.15) is 13.2 Å². The third-order valence-electron chi connectivity index (χ3n) is 8.18. The lowest BCUT2D eigenvalue weighted by molar-refractivity contribution is -0.137. The lowest BCUT2D eigenvalue weighted by Crippen LogP contribution is -2.52. The Morgan fingerprint density at radius 3 is 2.58 bits per heavy atom. The zero-order valence-corrected chi connectivity index (χ0v) is 22.7. The van der Waals surface area contributed by atoms with Gasteiger partial charge < -0.3 is 19.7 Å². The van der Waals surface area contributed by atoms with Crippen LogP contribution in [0.2, 0.25) is 0 Å². The lowest BCUT2D eigenvalue weighted by Gasteiger charge is -2.39. The lowest BCUT2D eigenvalue weighted by atomic mass is 9.95. The monoisotopic (exact) mass is 553 g/mol. The molecule has 0 saturated carbocycles. The molecule has 1 fully saturated rings. The van der Waals surface area contributed by atoms with Crippen molar-refractivity contribution in [3.05, 3.63) is 64.4 Å². The Morgan fingerprint density at radius 1 is 1.07 bits per heavy atom. The first kappa shape index (κ1) is 26.3. The molecule has 0 unspecified atom stereocenters. The molecule has 0 radical (unpaired) electrons. The van der Waals surface area contributed by atoms with Gasteiger partial charge >= 0.3 is 6.18 Å². The van der Waals surface area contributed by atoms with E-state index in [-0.39, 0.29) is 23.8 Å². The third kappa shape index (κ3) is 4.21. The van der Waals surface area contributed by atoms with E-state index in [1.807, 2.05) is 32.2 Å². The molecule has 3 aromatic rings. The summed E-state index contributed by atoms with van der Waals surface area (Å²) in [4.78, 5) is 41.4. The molecule has 0 spiro atoms. The summed E-state index contributed by atoms with van der Waals surface area (Å²) in [5.74, 6) is -0.547. The number of imidazole rings is 1. The zero-order valence-electron chi connectivity index (χ0n) is 22.7. The molecular weight excluding hydrogens is 523 g/mol. The number of aryl methyl sites for hydroxylation is 2. The maximum Gasteiger partial charge on any atom is 0.416 e. The fraction of sp³-hybridized carbons (Fsp3) is 0.429. The number of para-hydroxylation sites is 1. The number of benzene rings is 1. The SMILES string of the molecule is Cc1cc(C(F)(F)F)cc(N2C(=O)C[C@@H]3CN(Cc4nc5c(n4C)CNC5)c4c(C)cccc4N(C)C(=O)[C@H]32)n1. The van der Waals surface area contributed by atoms with Gasteiger partial charge in [0, 0.05) is 51.8 Å². The number of alkyl halides is 3. The number of amides is 2. The van der Waals surface area contributed by atoms with Crippen LogP contribution in [0.1, 0.15) is 40.5 Å². The molecule has 1 saturated heterocycles. The molecule has 2 amide bonds. The van der Waals surface area contributed by atoms with Crippen LogP contribution in [0.3, 0.4) is 0 Å². The number of halogens is 3. The Bertz CT molecular complexity index is 1530. The van der Waals surface area contributed by atoms with Crippen molar-refractivity contribution in [3.8, 4) is 0 Å². The highest BCUT2D eigenvalue weighted by atomic mass is 19.4. The molecule has 12 heteroatoms. The number of fused-ring (bicyclic) bond motifs is 3. The number of rotatable bonds is 3. The molecule has 3 aliphatic heterocycles. The zero-order chi connectivity index (χ0) is 28.5. The number of likely N-dealkylation sites (N-methyl/N-ethyl adjacent to an activating group) is 1. The first-order valence-corrected chi connectivity index (χ1v) is 13.2. The van der Waals surface area contributed by atoms with Crippen LogP contribution in [0.25, 0.3) is 0 Å². The van der Waals surface area contributed by atoms with Crippen LogP contribution in [0.5, 0.6) is 0 Å². The first-order valence-electron chi connectivity index (χ1n) is 13.2. The van der Waals surface area contributed by atoms with E-state index in [2.05, 4.69) is 19.8 Å². The number of nitrogens with one attached hydrogen (secondary N) is 1. The summed E-state index contributed by atoms with van der Waals surface area (Å²) >= 11 is 0. The van der Waals surface area contributed by atoms with Crippen LogP contribution in [0.4, 0.5) is 30.4 Å². The van der Waals surface area contributed by atoms with E-state index in [1.165, 1.54) is 16.7 Å². The van der Waals surface area contributed by atoms with Crippen molar-refractivity contribution >= 4 is 29.0 Å². The molecular formula is C28H30F3N7O2. The molecule has 9 nitrogen and oxygen atoms in total. The van der Waals surface area contributed by atoms with Gasteiger partial charge in [0.2, 0.25) is 11.8 Å². The number of nitrogens with zero attached hydrogens (tertiary/aromatic N) is 6. The summed E-state index contributed by atoms with van der Waals surface area (Å²) in [5.41, 5.74) is 3.86. The largest absolute Gasteiger partial charge is 0.416 e. The molecule has 5 heterocycles. The number of anilines is 3.